The molecule has 0 bridgehead atoms. The van der Waals surface area contributed by atoms with Crippen molar-refractivity contribution in [3.63, 3.8) is 0 Å². The van der Waals surface area contributed by atoms with Crippen LogP contribution in [0.4, 0.5) is 0 Å². The van der Waals surface area contributed by atoms with Gasteiger partial charge in [0.05, 0.1) is 0 Å². The van der Waals surface area contributed by atoms with Crippen molar-refractivity contribution in [3.05, 3.63) is 0 Å². The van der Waals surface area contributed by atoms with Crippen LogP contribution in [0, 0.1) is 5.92 Å². The monoisotopic (exact) mass is 271 g/mol. The predicted molar refractivity (Wildman–Crippen MR) is 56.7 cm³/mol. The van der Waals surface area contributed by atoms with Crippen LogP contribution >= 0.6 is 30.1 Å². The van der Waals surface area contributed by atoms with E-state index in [2.05, 4.69) is 33.2 Å². The lowest BCUT2D eigenvalue weighted by Crippen LogP contribution is -2.32. The van der Waals surface area contributed by atoms with Gasteiger partial charge in [-0.1, -0.05) is 8.93 Å². The van der Waals surface area contributed by atoms with Gasteiger partial charge in [-0.15, -0.1) is 0 Å². The molecule has 1 fully saturated rings. The second kappa shape index (κ2) is 4.83. The van der Waals surface area contributed by atoms with E-state index in [1.807, 2.05) is 8.93 Å². The van der Waals surface area contributed by atoms with Gasteiger partial charge < -0.3 is 4.90 Å². The van der Waals surface area contributed by atoms with Crippen LogP contribution in [0.25, 0.3) is 0 Å². The summed E-state index contributed by atoms with van der Waals surface area (Å²) >= 11 is 2.39. The van der Waals surface area contributed by atoms with Crippen LogP contribution in [0.1, 0.15) is 12.8 Å². The van der Waals surface area contributed by atoms with E-state index in [1.165, 1.54) is 31.7 Å². The average Bonchev–Trinajstić information content (AvgIpc) is 1.88. The largest absolute Gasteiger partial charge is 0.306 e. The molecule has 1 heterocycles. The average molecular weight is 271 g/mol. The highest BCUT2D eigenvalue weighted by molar-refractivity contribution is 14.2. The molecule has 1 saturated heterocycles. The molecule has 1 atom stereocenters. The van der Waals surface area contributed by atoms with Crippen LogP contribution in [0.3, 0.4) is 0 Å². The molecular weight excluding hydrogens is 257 g/mol. The molecule has 1 rings (SSSR count). The number of rotatable bonds is 2. The fraction of sp³-hybridized carbons (Fsp3) is 1.00. The Bertz CT molecular complexity index is 97.6. The van der Waals surface area contributed by atoms with Crippen molar-refractivity contribution in [2.45, 2.75) is 12.8 Å². The summed E-state index contributed by atoms with van der Waals surface area (Å²) in [5, 5.41) is 0. The number of hydrogen-bond acceptors (Lipinski definition) is 2. The first-order valence-corrected chi connectivity index (χ1v) is 7.28. The lowest BCUT2D eigenvalue weighted by molar-refractivity contribution is 0.224. The lowest BCUT2D eigenvalue weighted by atomic mass is 10.0. The predicted octanol–water partition coefficient (Wildman–Crippen LogP) is 2.41. The Morgan fingerprint density at radius 1 is 1.70 bits per heavy atom. The summed E-state index contributed by atoms with van der Waals surface area (Å²) < 4.78 is 0. The summed E-state index contributed by atoms with van der Waals surface area (Å²) in [6.45, 7) is 2.62. The number of nitrogens with zero attached hydrogens (tertiary/aromatic N) is 1. The van der Waals surface area contributed by atoms with Gasteiger partial charge in [-0.05, 0) is 53.6 Å². The molecule has 60 valence electrons. The molecule has 10 heavy (non-hydrogen) atoms. The number of likely N-dealkylation sites (tertiary alicyclic amines) is 1. The van der Waals surface area contributed by atoms with E-state index in [4.69, 9.17) is 0 Å². The Hall–Kier alpha value is 1.04. The summed E-state index contributed by atoms with van der Waals surface area (Å²) in [6.07, 6.45) is 2.85. The summed E-state index contributed by atoms with van der Waals surface area (Å²) in [5.41, 5.74) is 0. The molecule has 0 N–H and O–H groups in total. The van der Waals surface area contributed by atoms with Crippen molar-refractivity contribution in [3.8, 4) is 0 Å². The molecule has 1 aliphatic heterocycles. The number of halogens is 1. The minimum atomic E-state index is 0.959. The maximum absolute atomic E-state index is 2.45. The summed E-state index contributed by atoms with van der Waals surface area (Å²) in [6, 6.07) is 0. The highest BCUT2D eigenvalue weighted by atomic mass is 127. The molecule has 0 aromatic heterocycles. The van der Waals surface area contributed by atoms with Crippen LogP contribution in [-0.4, -0.2) is 30.8 Å². The van der Waals surface area contributed by atoms with Gasteiger partial charge >= 0.3 is 0 Å². The van der Waals surface area contributed by atoms with Crippen LogP contribution in [-0.2, 0) is 0 Å². The molecule has 0 spiro atoms. The zero-order valence-corrected chi connectivity index (χ0v) is 9.32. The van der Waals surface area contributed by atoms with E-state index in [9.17, 15) is 0 Å². The zero-order chi connectivity index (χ0) is 7.40. The van der Waals surface area contributed by atoms with E-state index < -0.39 is 0 Å². The Labute approximate surface area is 79.5 Å². The highest BCUT2D eigenvalue weighted by Gasteiger charge is 2.15. The molecule has 0 aliphatic carbocycles. The maximum Gasteiger partial charge on any atom is 0.00740 e. The zero-order valence-electron chi connectivity index (χ0n) is 6.35. The third kappa shape index (κ3) is 2.96. The van der Waals surface area contributed by atoms with Crippen molar-refractivity contribution in [2.75, 3.05) is 25.9 Å². The first-order valence-electron chi connectivity index (χ1n) is 3.75. The molecule has 1 unspecified atom stereocenters. The second-order valence-electron chi connectivity index (χ2n) is 3.05. The minimum Gasteiger partial charge on any atom is -0.306 e. The van der Waals surface area contributed by atoms with Gasteiger partial charge in [0, 0.05) is 12.3 Å². The Morgan fingerprint density at radius 3 is 3.10 bits per heavy atom. The Kier molecular flexibility index (Phi) is 4.41. The van der Waals surface area contributed by atoms with Gasteiger partial charge in [0.15, 0.2) is 0 Å². The van der Waals surface area contributed by atoms with Crippen molar-refractivity contribution < 1.29 is 0 Å². The summed E-state index contributed by atoms with van der Waals surface area (Å²) in [7, 11) is 4.18. The smallest absolute Gasteiger partial charge is 0.00740 e. The molecule has 3 heteroatoms. The van der Waals surface area contributed by atoms with E-state index in [-0.39, 0.29) is 0 Å². The van der Waals surface area contributed by atoms with Crippen LogP contribution in [0.5, 0.6) is 0 Å². The summed E-state index contributed by atoms with van der Waals surface area (Å²) in [4.78, 5) is 2.45. The fourth-order valence-electron chi connectivity index (χ4n) is 1.50. The van der Waals surface area contributed by atoms with Gasteiger partial charge in [0.1, 0.15) is 0 Å². The van der Waals surface area contributed by atoms with Crippen molar-refractivity contribution in [1.82, 2.24) is 4.90 Å². The number of piperidine rings is 1. The Balaban J connectivity index is 2.18. The van der Waals surface area contributed by atoms with Crippen molar-refractivity contribution >= 4 is 30.1 Å². The number of hydrogen-bond donors (Lipinski definition) is 0. The van der Waals surface area contributed by atoms with Gasteiger partial charge in [-0.3, -0.25) is 0 Å². The second-order valence-corrected chi connectivity index (χ2v) is 5.47. The van der Waals surface area contributed by atoms with Crippen LogP contribution in [0.15, 0.2) is 0 Å². The highest BCUT2D eigenvalue weighted by Crippen LogP contribution is 2.22. The van der Waals surface area contributed by atoms with Gasteiger partial charge in [0.25, 0.3) is 0 Å². The first kappa shape index (κ1) is 9.13. The van der Waals surface area contributed by atoms with Gasteiger partial charge in [0.2, 0.25) is 0 Å². The first-order chi connectivity index (χ1) is 4.83. The SMILES string of the molecule is CN1CCCC(CSI)C1. The third-order valence-electron chi connectivity index (χ3n) is 2.02. The Morgan fingerprint density at radius 2 is 2.50 bits per heavy atom. The van der Waals surface area contributed by atoms with Crippen molar-refractivity contribution in [1.29, 1.82) is 0 Å². The summed E-state index contributed by atoms with van der Waals surface area (Å²) in [5.74, 6) is 2.30. The molecule has 0 amide bonds. The molecular formula is C7H14INS. The quantitative estimate of drug-likeness (QED) is 0.709. The van der Waals surface area contributed by atoms with Crippen LogP contribution < -0.4 is 0 Å². The van der Waals surface area contributed by atoms with E-state index >= 15 is 0 Å². The fourth-order valence-corrected chi connectivity index (χ4v) is 3.47. The van der Waals surface area contributed by atoms with Crippen LogP contribution in [0.2, 0.25) is 0 Å². The van der Waals surface area contributed by atoms with Gasteiger partial charge in [-0.25, -0.2) is 0 Å². The molecule has 0 saturated carbocycles. The minimum absolute atomic E-state index is 0.959. The molecule has 0 aromatic rings. The standard InChI is InChI=1S/C7H14INS/c1-9-4-2-3-7(5-9)6-10-8/h7H,2-6H2,1H3. The molecule has 0 aromatic carbocycles. The third-order valence-corrected chi connectivity index (χ3v) is 3.70. The van der Waals surface area contributed by atoms with Crippen molar-refractivity contribution in [2.24, 2.45) is 5.92 Å². The molecule has 0 radical (unpaired) electrons. The lowest BCUT2D eigenvalue weighted by Gasteiger charge is -2.28. The molecule has 1 nitrogen and oxygen atoms in total. The van der Waals surface area contributed by atoms with E-state index in [0.717, 1.165) is 5.92 Å². The van der Waals surface area contributed by atoms with E-state index in [1.54, 1.807) is 0 Å². The normalized spacial score (nSPS) is 28.8. The molecule has 1 aliphatic rings. The topological polar surface area (TPSA) is 3.24 Å². The maximum atomic E-state index is 2.45. The van der Waals surface area contributed by atoms with Gasteiger partial charge in [-0.2, -0.15) is 0 Å². The van der Waals surface area contributed by atoms with E-state index in [0.29, 0.717) is 0 Å².